The lowest BCUT2D eigenvalue weighted by Crippen LogP contribution is -2.46. The van der Waals surface area contributed by atoms with Gasteiger partial charge in [0, 0.05) is 13.0 Å². The molecule has 1 aliphatic heterocycles. The normalized spacial score (nSPS) is 20.6. The summed E-state index contributed by atoms with van der Waals surface area (Å²) in [5, 5.41) is 8.90. The van der Waals surface area contributed by atoms with E-state index >= 15 is 0 Å². The fourth-order valence-electron chi connectivity index (χ4n) is 1.94. The van der Waals surface area contributed by atoms with Crippen LogP contribution < -0.4 is 0 Å². The molecule has 0 bridgehead atoms. The van der Waals surface area contributed by atoms with E-state index in [-0.39, 0.29) is 18.1 Å². The lowest BCUT2D eigenvalue weighted by atomic mass is 10.1. The van der Waals surface area contributed by atoms with Crippen LogP contribution in [0.5, 0.6) is 0 Å². The molecule has 1 atom stereocenters. The topological polar surface area (TPSA) is 87.8 Å². The lowest BCUT2D eigenvalue weighted by Gasteiger charge is -2.27. The highest BCUT2D eigenvalue weighted by molar-refractivity contribution is 7.89. The van der Waals surface area contributed by atoms with Crippen LogP contribution >= 0.6 is 0 Å². The van der Waals surface area contributed by atoms with Crippen LogP contribution in [0.15, 0.2) is 33.8 Å². The van der Waals surface area contributed by atoms with Crippen LogP contribution in [0, 0.1) is 0 Å². The third-order valence-corrected chi connectivity index (χ3v) is 4.74. The van der Waals surface area contributed by atoms with Gasteiger partial charge in [-0.15, -0.1) is 0 Å². The van der Waals surface area contributed by atoms with E-state index in [1.165, 1.54) is 6.07 Å². The van der Waals surface area contributed by atoms with E-state index in [1.54, 1.807) is 18.2 Å². The zero-order chi connectivity index (χ0) is 14.0. The number of hydrogen-bond donors (Lipinski definition) is 1. The Bertz CT molecular complexity index is 601. The number of aryl methyl sites for hydroxylation is 1. The van der Waals surface area contributed by atoms with Crippen molar-refractivity contribution in [2.24, 2.45) is 0 Å². The summed E-state index contributed by atoms with van der Waals surface area (Å²) in [7, 11) is -3.91. The molecule has 0 amide bonds. The maximum Gasteiger partial charge on any atom is 0.322 e. The SMILES string of the molecule is CCc1ccc(S(=O)(=O)N2CC=CCC2C(=O)O)o1. The first-order valence-electron chi connectivity index (χ1n) is 5.95. The molecule has 1 aromatic rings. The minimum Gasteiger partial charge on any atom is -0.480 e. The smallest absolute Gasteiger partial charge is 0.322 e. The summed E-state index contributed by atoms with van der Waals surface area (Å²) >= 11 is 0. The highest BCUT2D eigenvalue weighted by Crippen LogP contribution is 2.24. The molecule has 0 saturated heterocycles. The van der Waals surface area contributed by atoms with Gasteiger partial charge in [-0.05, 0) is 18.6 Å². The molecule has 1 aromatic heterocycles. The van der Waals surface area contributed by atoms with E-state index in [9.17, 15) is 13.2 Å². The van der Waals surface area contributed by atoms with Gasteiger partial charge in [-0.3, -0.25) is 4.79 Å². The molecule has 2 heterocycles. The minimum atomic E-state index is -3.91. The van der Waals surface area contributed by atoms with Crippen LogP contribution in [0.3, 0.4) is 0 Å². The molecule has 1 N–H and O–H groups in total. The zero-order valence-electron chi connectivity index (χ0n) is 10.4. The molecular weight excluding hydrogens is 270 g/mol. The Hall–Kier alpha value is -1.60. The number of nitrogens with zero attached hydrogens (tertiary/aromatic N) is 1. The molecule has 0 spiro atoms. The highest BCUT2D eigenvalue weighted by atomic mass is 32.2. The third kappa shape index (κ3) is 2.57. The second kappa shape index (κ2) is 5.18. The Labute approximate surface area is 111 Å². The second-order valence-electron chi connectivity index (χ2n) is 4.21. The molecule has 19 heavy (non-hydrogen) atoms. The second-order valence-corrected chi connectivity index (χ2v) is 6.03. The number of furan rings is 1. The lowest BCUT2D eigenvalue weighted by molar-refractivity contribution is -0.141. The van der Waals surface area contributed by atoms with E-state index in [0.717, 1.165) is 4.31 Å². The van der Waals surface area contributed by atoms with E-state index in [0.29, 0.717) is 12.2 Å². The predicted molar refractivity (Wildman–Crippen MR) is 67.2 cm³/mol. The number of sulfonamides is 1. The maximum absolute atomic E-state index is 12.4. The maximum atomic E-state index is 12.4. The number of rotatable bonds is 4. The number of carboxylic acids is 1. The molecule has 0 saturated carbocycles. The van der Waals surface area contributed by atoms with Crippen LogP contribution in [-0.4, -0.2) is 36.4 Å². The molecule has 2 rings (SSSR count). The fraction of sp³-hybridized carbons (Fsp3) is 0.417. The van der Waals surface area contributed by atoms with Crippen molar-refractivity contribution in [3.05, 3.63) is 30.0 Å². The highest BCUT2D eigenvalue weighted by Gasteiger charge is 2.37. The van der Waals surface area contributed by atoms with Crippen molar-refractivity contribution < 1.29 is 22.7 Å². The van der Waals surface area contributed by atoms with Crippen LogP contribution in [0.1, 0.15) is 19.1 Å². The van der Waals surface area contributed by atoms with Crippen LogP contribution in [-0.2, 0) is 21.2 Å². The molecule has 6 nitrogen and oxygen atoms in total. The van der Waals surface area contributed by atoms with Crippen molar-refractivity contribution in [3.8, 4) is 0 Å². The van der Waals surface area contributed by atoms with Gasteiger partial charge in [0.1, 0.15) is 11.8 Å². The Morgan fingerprint density at radius 3 is 2.79 bits per heavy atom. The molecule has 1 aliphatic rings. The number of carbonyl (C=O) groups is 1. The van der Waals surface area contributed by atoms with Gasteiger partial charge in [0.15, 0.2) is 0 Å². The summed E-state index contributed by atoms with van der Waals surface area (Å²) in [5.41, 5.74) is 0. The fourth-order valence-corrected chi connectivity index (χ4v) is 3.42. The summed E-state index contributed by atoms with van der Waals surface area (Å²) in [5.74, 6) is -0.604. The van der Waals surface area contributed by atoms with Crippen molar-refractivity contribution in [1.82, 2.24) is 4.31 Å². The van der Waals surface area contributed by atoms with Crippen molar-refractivity contribution in [2.45, 2.75) is 30.9 Å². The van der Waals surface area contributed by atoms with Crippen molar-refractivity contribution in [1.29, 1.82) is 0 Å². The molecule has 0 radical (unpaired) electrons. The first-order valence-corrected chi connectivity index (χ1v) is 7.39. The van der Waals surface area contributed by atoms with E-state index < -0.39 is 22.0 Å². The molecule has 7 heteroatoms. The van der Waals surface area contributed by atoms with E-state index in [2.05, 4.69) is 0 Å². The summed E-state index contributed by atoms with van der Waals surface area (Å²) in [4.78, 5) is 11.1. The quantitative estimate of drug-likeness (QED) is 0.841. The summed E-state index contributed by atoms with van der Waals surface area (Å²) < 4.78 is 30.9. The minimum absolute atomic E-state index is 0.0431. The van der Waals surface area contributed by atoms with Gasteiger partial charge in [0.05, 0.1) is 0 Å². The average molecular weight is 285 g/mol. The van der Waals surface area contributed by atoms with E-state index in [4.69, 9.17) is 9.52 Å². The largest absolute Gasteiger partial charge is 0.480 e. The van der Waals surface area contributed by atoms with Gasteiger partial charge in [-0.2, -0.15) is 4.31 Å². The van der Waals surface area contributed by atoms with Crippen LogP contribution in [0.2, 0.25) is 0 Å². The third-order valence-electron chi connectivity index (χ3n) is 2.99. The van der Waals surface area contributed by atoms with Gasteiger partial charge >= 0.3 is 5.97 Å². The van der Waals surface area contributed by atoms with Crippen molar-refractivity contribution in [2.75, 3.05) is 6.54 Å². The first-order chi connectivity index (χ1) is 8.96. The van der Waals surface area contributed by atoms with Gasteiger partial charge in [0.2, 0.25) is 5.09 Å². The number of aliphatic carboxylic acids is 1. The molecule has 0 aliphatic carbocycles. The standard InChI is InChI=1S/C12H15NO5S/c1-2-9-6-7-11(18-9)19(16,17)13-8-4-3-5-10(13)12(14)15/h3-4,6-7,10H,2,5,8H2,1H3,(H,14,15). The van der Waals surface area contributed by atoms with Gasteiger partial charge in [-0.1, -0.05) is 19.1 Å². The Morgan fingerprint density at radius 2 is 2.21 bits per heavy atom. The first kappa shape index (κ1) is 13.8. The van der Waals surface area contributed by atoms with Crippen molar-refractivity contribution >= 4 is 16.0 Å². The molecular formula is C12H15NO5S. The van der Waals surface area contributed by atoms with E-state index in [1.807, 2.05) is 6.92 Å². The molecule has 1 unspecified atom stereocenters. The Kier molecular flexibility index (Phi) is 3.77. The Balaban J connectivity index is 2.37. The van der Waals surface area contributed by atoms with Crippen molar-refractivity contribution in [3.63, 3.8) is 0 Å². The van der Waals surface area contributed by atoms with Crippen LogP contribution in [0.25, 0.3) is 0 Å². The zero-order valence-corrected chi connectivity index (χ0v) is 11.3. The molecule has 104 valence electrons. The summed E-state index contributed by atoms with van der Waals surface area (Å²) in [6.45, 7) is 1.89. The number of hydrogen-bond acceptors (Lipinski definition) is 4. The summed E-state index contributed by atoms with van der Waals surface area (Å²) in [6, 6.07) is 1.87. The predicted octanol–water partition coefficient (Wildman–Crippen LogP) is 1.25. The molecule has 0 aromatic carbocycles. The molecule has 0 fully saturated rings. The van der Waals surface area contributed by atoms with Gasteiger partial charge < -0.3 is 9.52 Å². The van der Waals surface area contributed by atoms with Gasteiger partial charge in [0.25, 0.3) is 10.0 Å². The Morgan fingerprint density at radius 1 is 1.47 bits per heavy atom. The van der Waals surface area contributed by atoms with Crippen LogP contribution in [0.4, 0.5) is 0 Å². The van der Waals surface area contributed by atoms with Gasteiger partial charge in [-0.25, -0.2) is 8.42 Å². The average Bonchev–Trinajstić information content (AvgIpc) is 2.88. The summed E-state index contributed by atoms with van der Waals surface area (Å²) in [6.07, 6.45) is 4.05. The number of carboxylic acid groups (broad SMARTS) is 1. The monoisotopic (exact) mass is 285 g/mol.